The number of hydrogen-bond donors (Lipinski definition) is 1. The summed E-state index contributed by atoms with van der Waals surface area (Å²) in [4.78, 5) is 15.3. The molecular formula is C19H25F3N2O. The van der Waals surface area contributed by atoms with E-state index in [1.54, 1.807) is 6.07 Å². The lowest BCUT2D eigenvalue weighted by Gasteiger charge is -2.40. The SMILES string of the molecule is O=C(N1CCCNCC1)C1(c2cccc(C(F)(F)F)c2)CCCCC1. The molecule has 1 aromatic rings. The lowest BCUT2D eigenvalue weighted by molar-refractivity contribution is -0.140. The van der Waals surface area contributed by atoms with Crippen molar-refractivity contribution in [3.63, 3.8) is 0 Å². The van der Waals surface area contributed by atoms with Gasteiger partial charge in [0.15, 0.2) is 0 Å². The smallest absolute Gasteiger partial charge is 0.341 e. The van der Waals surface area contributed by atoms with Crippen LogP contribution in [0.1, 0.15) is 49.7 Å². The van der Waals surface area contributed by atoms with Crippen molar-refractivity contribution in [2.45, 2.75) is 50.1 Å². The highest BCUT2D eigenvalue weighted by atomic mass is 19.4. The van der Waals surface area contributed by atoms with Crippen molar-refractivity contribution >= 4 is 5.91 Å². The van der Waals surface area contributed by atoms with E-state index in [-0.39, 0.29) is 5.91 Å². The summed E-state index contributed by atoms with van der Waals surface area (Å²) in [7, 11) is 0. The summed E-state index contributed by atoms with van der Waals surface area (Å²) in [6, 6.07) is 5.42. The maximum absolute atomic E-state index is 13.4. The molecule has 1 aliphatic carbocycles. The first kappa shape index (κ1) is 18.2. The van der Waals surface area contributed by atoms with Crippen molar-refractivity contribution in [2.75, 3.05) is 26.2 Å². The van der Waals surface area contributed by atoms with E-state index in [1.807, 2.05) is 4.90 Å². The lowest BCUT2D eigenvalue weighted by atomic mass is 9.68. The average Bonchev–Trinajstić information content (AvgIpc) is 2.90. The van der Waals surface area contributed by atoms with Crippen molar-refractivity contribution in [1.29, 1.82) is 0 Å². The second-order valence-electron chi connectivity index (χ2n) is 7.12. The molecule has 6 heteroatoms. The second kappa shape index (κ2) is 7.36. The summed E-state index contributed by atoms with van der Waals surface area (Å²) in [6.45, 7) is 2.91. The molecule has 138 valence electrons. The van der Waals surface area contributed by atoms with E-state index in [4.69, 9.17) is 0 Å². The van der Waals surface area contributed by atoms with Gasteiger partial charge in [0.05, 0.1) is 11.0 Å². The van der Waals surface area contributed by atoms with E-state index < -0.39 is 17.2 Å². The quantitative estimate of drug-likeness (QED) is 0.878. The van der Waals surface area contributed by atoms with Crippen molar-refractivity contribution in [2.24, 2.45) is 0 Å². The number of rotatable bonds is 2. The van der Waals surface area contributed by atoms with Crippen LogP contribution in [0.15, 0.2) is 24.3 Å². The number of amides is 1. The van der Waals surface area contributed by atoms with Crippen LogP contribution >= 0.6 is 0 Å². The van der Waals surface area contributed by atoms with Crippen LogP contribution in [0.3, 0.4) is 0 Å². The molecule has 1 saturated carbocycles. The third kappa shape index (κ3) is 3.84. The van der Waals surface area contributed by atoms with E-state index in [2.05, 4.69) is 5.32 Å². The minimum atomic E-state index is -4.39. The molecule has 0 unspecified atom stereocenters. The number of benzene rings is 1. The van der Waals surface area contributed by atoms with Crippen molar-refractivity contribution in [1.82, 2.24) is 10.2 Å². The minimum Gasteiger partial charge on any atom is -0.341 e. The highest BCUT2D eigenvalue weighted by Crippen LogP contribution is 2.42. The van der Waals surface area contributed by atoms with Crippen LogP contribution in [-0.2, 0) is 16.4 Å². The second-order valence-corrected chi connectivity index (χ2v) is 7.12. The molecule has 3 nitrogen and oxygen atoms in total. The van der Waals surface area contributed by atoms with Gasteiger partial charge in [-0.2, -0.15) is 13.2 Å². The van der Waals surface area contributed by atoms with Gasteiger partial charge in [-0.25, -0.2) is 0 Å². The molecule has 1 aliphatic heterocycles. The van der Waals surface area contributed by atoms with Gasteiger partial charge in [0, 0.05) is 19.6 Å². The molecule has 0 bridgehead atoms. The zero-order chi connectivity index (χ0) is 17.9. The summed E-state index contributed by atoms with van der Waals surface area (Å²) < 4.78 is 39.5. The Morgan fingerprint density at radius 1 is 1.04 bits per heavy atom. The number of halogens is 3. The minimum absolute atomic E-state index is 0.00947. The van der Waals surface area contributed by atoms with Gasteiger partial charge in [-0.15, -0.1) is 0 Å². The first-order valence-electron chi connectivity index (χ1n) is 9.11. The van der Waals surface area contributed by atoms with Crippen LogP contribution < -0.4 is 5.32 Å². The molecule has 2 aliphatic rings. The van der Waals surface area contributed by atoms with E-state index in [9.17, 15) is 18.0 Å². The number of hydrogen-bond acceptors (Lipinski definition) is 2. The third-order valence-electron chi connectivity index (χ3n) is 5.49. The Balaban J connectivity index is 1.97. The fourth-order valence-corrected chi connectivity index (χ4v) is 4.13. The van der Waals surface area contributed by atoms with Crippen molar-refractivity contribution < 1.29 is 18.0 Å². The summed E-state index contributed by atoms with van der Waals surface area (Å²) in [6.07, 6.45) is 0.567. The van der Waals surface area contributed by atoms with Crippen LogP contribution in [0.5, 0.6) is 0 Å². The maximum atomic E-state index is 13.4. The maximum Gasteiger partial charge on any atom is 0.416 e. The molecule has 1 aromatic carbocycles. The Morgan fingerprint density at radius 3 is 2.52 bits per heavy atom. The standard InChI is InChI=1S/C19H25F3N2O/c20-19(21,22)16-7-4-6-15(14-16)18(8-2-1-3-9-18)17(25)24-12-5-10-23-11-13-24/h4,6-7,14,23H,1-3,5,8-13H2. The molecule has 2 fully saturated rings. The predicted octanol–water partition coefficient (Wildman–Crippen LogP) is 3.73. The largest absolute Gasteiger partial charge is 0.416 e. The molecule has 0 aromatic heterocycles. The van der Waals surface area contributed by atoms with Crippen molar-refractivity contribution in [3.8, 4) is 0 Å². The number of carbonyl (C=O) groups excluding carboxylic acids is 1. The first-order chi connectivity index (χ1) is 11.9. The van der Waals surface area contributed by atoms with E-state index in [0.717, 1.165) is 44.8 Å². The van der Waals surface area contributed by atoms with Crippen LogP contribution in [0.2, 0.25) is 0 Å². The molecule has 3 rings (SSSR count). The zero-order valence-electron chi connectivity index (χ0n) is 14.4. The van der Waals surface area contributed by atoms with Gasteiger partial charge >= 0.3 is 6.18 Å². The summed E-state index contributed by atoms with van der Waals surface area (Å²) in [5.41, 5.74) is -0.936. The predicted molar refractivity (Wildman–Crippen MR) is 90.3 cm³/mol. The van der Waals surface area contributed by atoms with E-state index in [1.165, 1.54) is 12.1 Å². The monoisotopic (exact) mass is 354 g/mol. The molecule has 1 N–H and O–H groups in total. The van der Waals surface area contributed by atoms with Crippen LogP contribution in [0.4, 0.5) is 13.2 Å². The highest BCUT2D eigenvalue weighted by molar-refractivity contribution is 5.88. The van der Waals surface area contributed by atoms with Gasteiger partial charge in [0.1, 0.15) is 0 Å². The van der Waals surface area contributed by atoms with Gasteiger partial charge in [0.2, 0.25) is 5.91 Å². The third-order valence-corrected chi connectivity index (χ3v) is 5.49. The number of nitrogens with one attached hydrogen (secondary N) is 1. The molecule has 25 heavy (non-hydrogen) atoms. The van der Waals surface area contributed by atoms with Gasteiger partial charge in [-0.3, -0.25) is 4.79 Å². The molecular weight excluding hydrogens is 329 g/mol. The summed E-state index contributed by atoms with van der Waals surface area (Å²) >= 11 is 0. The highest BCUT2D eigenvalue weighted by Gasteiger charge is 2.44. The molecule has 1 saturated heterocycles. The number of nitrogens with zero attached hydrogens (tertiary/aromatic N) is 1. The molecule has 0 atom stereocenters. The molecule has 1 heterocycles. The Labute approximate surface area is 146 Å². The molecule has 0 radical (unpaired) electrons. The van der Waals surface area contributed by atoms with E-state index >= 15 is 0 Å². The number of alkyl halides is 3. The van der Waals surface area contributed by atoms with E-state index in [0.29, 0.717) is 31.5 Å². The Morgan fingerprint density at radius 2 is 1.80 bits per heavy atom. The lowest BCUT2D eigenvalue weighted by Crippen LogP contribution is -2.49. The topological polar surface area (TPSA) is 32.3 Å². The Hall–Kier alpha value is -1.56. The van der Waals surface area contributed by atoms with Gasteiger partial charge in [-0.05, 0) is 37.4 Å². The fraction of sp³-hybridized carbons (Fsp3) is 0.632. The van der Waals surface area contributed by atoms with Gasteiger partial charge in [-0.1, -0.05) is 37.5 Å². The molecule has 0 spiro atoms. The Kier molecular flexibility index (Phi) is 5.37. The molecule has 1 amide bonds. The van der Waals surface area contributed by atoms with Gasteiger partial charge < -0.3 is 10.2 Å². The van der Waals surface area contributed by atoms with Crippen LogP contribution in [0, 0.1) is 0 Å². The van der Waals surface area contributed by atoms with Gasteiger partial charge in [0.25, 0.3) is 0 Å². The van der Waals surface area contributed by atoms with Crippen LogP contribution in [-0.4, -0.2) is 37.0 Å². The normalized spacial score (nSPS) is 21.6. The zero-order valence-corrected chi connectivity index (χ0v) is 14.4. The number of carbonyl (C=O) groups is 1. The summed E-state index contributed by atoms with van der Waals surface area (Å²) in [5.74, 6) is 0.00947. The first-order valence-corrected chi connectivity index (χ1v) is 9.11. The summed E-state index contributed by atoms with van der Waals surface area (Å²) in [5, 5.41) is 3.27. The van der Waals surface area contributed by atoms with Crippen LogP contribution in [0.25, 0.3) is 0 Å². The fourth-order valence-electron chi connectivity index (χ4n) is 4.13. The Bertz CT molecular complexity index is 601. The van der Waals surface area contributed by atoms with Crippen molar-refractivity contribution in [3.05, 3.63) is 35.4 Å². The average molecular weight is 354 g/mol.